The molecule has 1 aliphatic heterocycles. The molecule has 0 unspecified atom stereocenters. The van der Waals surface area contributed by atoms with E-state index in [1.54, 1.807) is 6.07 Å². The molecule has 0 spiro atoms. The lowest BCUT2D eigenvalue weighted by Crippen LogP contribution is -2.36. The maximum atomic E-state index is 13.6. The first-order valence-electron chi connectivity index (χ1n) is 9.84. The molecule has 2 aromatic rings. The summed E-state index contributed by atoms with van der Waals surface area (Å²) in [4.78, 5) is 23.9. The van der Waals surface area contributed by atoms with E-state index in [-0.39, 0.29) is 30.0 Å². The van der Waals surface area contributed by atoms with E-state index in [0.29, 0.717) is 31.7 Å². The zero-order chi connectivity index (χ0) is 21.1. The SMILES string of the molecule is O=C(NCc1cc(F)ccc1F)OC1CC(c2cc(NC(=O)[C@H]3CCCO3)n[nH]2)C1. The number of hydrogen-bond donors (Lipinski definition) is 3. The fourth-order valence-corrected chi connectivity index (χ4v) is 3.56. The third-order valence-electron chi connectivity index (χ3n) is 5.31. The van der Waals surface area contributed by atoms with Gasteiger partial charge in [0.25, 0.3) is 5.91 Å². The van der Waals surface area contributed by atoms with Crippen molar-refractivity contribution in [2.45, 2.75) is 50.4 Å². The van der Waals surface area contributed by atoms with Crippen LogP contribution >= 0.6 is 0 Å². The van der Waals surface area contributed by atoms with Crippen LogP contribution in [0.2, 0.25) is 0 Å². The zero-order valence-corrected chi connectivity index (χ0v) is 16.1. The number of nitrogens with zero attached hydrogens (tertiary/aromatic N) is 1. The van der Waals surface area contributed by atoms with Crippen molar-refractivity contribution in [1.82, 2.24) is 15.5 Å². The number of benzene rings is 1. The summed E-state index contributed by atoms with van der Waals surface area (Å²) in [7, 11) is 0. The average molecular weight is 420 g/mol. The van der Waals surface area contributed by atoms with E-state index in [2.05, 4.69) is 20.8 Å². The highest BCUT2D eigenvalue weighted by molar-refractivity contribution is 5.93. The molecule has 2 aliphatic rings. The van der Waals surface area contributed by atoms with Crippen molar-refractivity contribution in [3.8, 4) is 0 Å². The van der Waals surface area contributed by atoms with Crippen LogP contribution in [-0.2, 0) is 20.8 Å². The summed E-state index contributed by atoms with van der Waals surface area (Å²) in [5, 5.41) is 12.2. The second-order valence-corrected chi connectivity index (χ2v) is 7.48. The number of carbonyl (C=O) groups excluding carboxylic acids is 2. The Morgan fingerprint density at radius 1 is 1.27 bits per heavy atom. The molecule has 1 saturated carbocycles. The van der Waals surface area contributed by atoms with Gasteiger partial charge in [0, 0.05) is 36.4 Å². The molecular formula is C20H22F2N4O4. The van der Waals surface area contributed by atoms with E-state index in [1.165, 1.54) is 0 Å². The molecule has 1 saturated heterocycles. The predicted molar refractivity (Wildman–Crippen MR) is 102 cm³/mol. The van der Waals surface area contributed by atoms with Crippen molar-refractivity contribution in [1.29, 1.82) is 0 Å². The van der Waals surface area contributed by atoms with Crippen molar-refractivity contribution < 1.29 is 27.8 Å². The summed E-state index contributed by atoms with van der Waals surface area (Å²) in [5.41, 5.74) is 0.896. The number of alkyl carbamates (subject to hydrolysis) is 1. The van der Waals surface area contributed by atoms with Crippen LogP contribution in [0.4, 0.5) is 19.4 Å². The molecule has 1 aromatic heterocycles. The Bertz CT molecular complexity index is 923. The fraction of sp³-hybridized carbons (Fsp3) is 0.450. The molecule has 4 rings (SSSR count). The number of halogens is 2. The van der Waals surface area contributed by atoms with Crippen molar-refractivity contribution in [2.75, 3.05) is 11.9 Å². The van der Waals surface area contributed by atoms with E-state index in [1.807, 2.05) is 0 Å². The molecule has 0 bridgehead atoms. The zero-order valence-electron chi connectivity index (χ0n) is 16.1. The van der Waals surface area contributed by atoms with Crippen LogP contribution in [0.15, 0.2) is 24.3 Å². The number of ether oxygens (including phenoxy) is 2. The van der Waals surface area contributed by atoms with Gasteiger partial charge in [-0.1, -0.05) is 0 Å². The van der Waals surface area contributed by atoms with Crippen LogP contribution in [0, 0.1) is 11.6 Å². The van der Waals surface area contributed by atoms with E-state index in [9.17, 15) is 18.4 Å². The summed E-state index contributed by atoms with van der Waals surface area (Å²) in [6.07, 6.45) is 1.39. The quantitative estimate of drug-likeness (QED) is 0.666. The third kappa shape index (κ3) is 4.76. The summed E-state index contributed by atoms with van der Waals surface area (Å²) < 4.78 is 37.3. The van der Waals surface area contributed by atoms with Gasteiger partial charge >= 0.3 is 6.09 Å². The molecule has 2 fully saturated rings. The smallest absolute Gasteiger partial charge is 0.407 e. The van der Waals surface area contributed by atoms with E-state index in [0.717, 1.165) is 30.3 Å². The molecule has 160 valence electrons. The van der Waals surface area contributed by atoms with Crippen molar-refractivity contribution >= 4 is 17.8 Å². The van der Waals surface area contributed by atoms with Gasteiger partial charge < -0.3 is 20.1 Å². The average Bonchev–Trinajstić information content (AvgIpc) is 3.37. The van der Waals surface area contributed by atoms with Crippen LogP contribution in [0.1, 0.15) is 42.9 Å². The molecular weight excluding hydrogens is 398 g/mol. The number of H-pyrrole nitrogens is 1. The first-order chi connectivity index (χ1) is 14.5. The number of nitrogens with one attached hydrogen (secondary N) is 3. The van der Waals surface area contributed by atoms with Gasteiger partial charge in [-0.2, -0.15) is 5.10 Å². The molecule has 10 heteroatoms. The van der Waals surface area contributed by atoms with Crippen LogP contribution in [0.3, 0.4) is 0 Å². The Labute approximate surface area is 171 Å². The fourth-order valence-electron chi connectivity index (χ4n) is 3.56. The van der Waals surface area contributed by atoms with Crippen LogP contribution in [0.25, 0.3) is 0 Å². The van der Waals surface area contributed by atoms with Crippen molar-refractivity contribution in [2.24, 2.45) is 0 Å². The Morgan fingerprint density at radius 2 is 2.10 bits per heavy atom. The molecule has 2 amide bonds. The molecule has 1 atom stereocenters. The minimum atomic E-state index is -0.684. The van der Waals surface area contributed by atoms with Gasteiger partial charge in [0.05, 0.1) is 0 Å². The van der Waals surface area contributed by atoms with Crippen LogP contribution < -0.4 is 10.6 Å². The molecule has 1 aliphatic carbocycles. The Balaban J connectivity index is 1.19. The standard InChI is InChI=1S/C20H22F2N4O4/c21-13-3-4-15(22)12(6-13)10-23-20(28)30-14-7-11(8-14)16-9-18(26-25-16)24-19(27)17-2-1-5-29-17/h3-4,6,9,11,14,17H,1-2,5,7-8,10H2,(H,23,28)(H2,24,25,26,27)/t11?,14?,17-/m1/s1. The Morgan fingerprint density at radius 3 is 2.87 bits per heavy atom. The van der Waals surface area contributed by atoms with Gasteiger partial charge in [-0.25, -0.2) is 13.6 Å². The summed E-state index contributed by atoms with van der Waals surface area (Å²) in [6, 6.07) is 4.82. The van der Waals surface area contributed by atoms with E-state index < -0.39 is 23.8 Å². The highest BCUT2D eigenvalue weighted by Gasteiger charge is 2.35. The van der Waals surface area contributed by atoms with Crippen molar-refractivity contribution in [3.05, 3.63) is 47.2 Å². The topological polar surface area (TPSA) is 105 Å². The maximum absolute atomic E-state index is 13.6. The molecule has 30 heavy (non-hydrogen) atoms. The summed E-state index contributed by atoms with van der Waals surface area (Å²) in [5.74, 6) is -0.808. The van der Waals surface area contributed by atoms with Gasteiger partial charge in [0.15, 0.2) is 5.82 Å². The first kappa shape index (κ1) is 20.3. The van der Waals surface area contributed by atoms with Gasteiger partial charge in [-0.05, 0) is 43.9 Å². The number of aromatic nitrogens is 2. The molecule has 8 nitrogen and oxygen atoms in total. The predicted octanol–water partition coefficient (Wildman–Crippen LogP) is 2.98. The first-order valence-corrected chi connectivity index (χ1v) is 9.84. The summed E-state index contributed by atoms with van der Waals surface area (Å²) in [6.45, 7) is 0.436. The lowest BCUT2D eigenvalue weighted by atomic mass is 9.80. The number of aromatic amines is 1. The van der Waals surface area contributed by atoms with Crippen LogP contribution in [0.5, 0.6) is 0 Å². The largest absolute Gasteiger partial charge is 0.446 e. The van der Waals surface area contributed by atoms with Gasteiger partial charge in [0.2, 0.25) is 0 Å². The highest BCUT2D eigenvalue weighted by Crippen LogP contribution is 2.38. The summed E-state index contributed by atoms with van der Waals surface area (Å²) >= 11 is 0. The van der Waals surface area contributed by atoms with Gasteiger partial charge in [0.1, 0.15) is 23.8 Å². The number of hydrogen-bond acceptors (Lipinski definition) is 5. The monoisotopic (exact) mass is 420 g/mol. The maximum Gasteiger partial charge on any atom is 0.407 e. The molecule has 0 radical (unpaired) electrons. The highest BCUT2D eigenvalue weighted by atomic mass is 19.1. The minimum Gasteiger partial charge on any atom is -0.446 e. The van der Waals surface area contributed by atoms with E-state index >= 15 is 0 Å². The number of carbonyl (C=O) groups is 2. The van der Waals surface area contributed by atoms with Gasteiger partial charge in [-0.3, -0.25) is 9.89 Å². The van der Waals surface area contributed by atoms with E-state index in [4.69, 9.17) is 9.47 Å². The second kappa shape index (κ2) is 8.78. The van der Waals surface area contributed by atoms with Crippen molar-refractivity contribution in [3.63, 3.8) is 0 Å². The minimum absolute atomic E-state index is 0.0495. The third-order valence-corrected chi connectivity index (χ3v) is 5.31. The molecule has 3 N–H and O–H groups in total. The molecule has 2 heterocycles. The molecule has 1 aromatic carbocycles. The normalized spacial score (nSPS) is 22.9. The van der Waals surface area contributed by atoms with Gasteiger partial charge in [-0.15, -0.1) is 0 Å². The Kier molecular flexibility index (Phi) is 5.93. The number of rotatable bonds is 6. The lowest BCUT2D eigenvalue weighted by Gasteiger charge is -2.33. The number of amides is 2. The number of anilines is 1. The van der Waals surface area contributed by atoms with Crippen LogP contribution in [-0.4, -0.2) is 41.0 Å². The lowest BCUT2D eigenvalue weighted by molar-refractivity contribution is -0.124. The Hall–Kier alpha value is -3.01. The second-order valence-electron chi connectivity index (χ2n) is 7.48.